The lowest BCUT2D eigenvalue weighted by Crippen LogP contribution is -2.25. The molecule has 1 amide bonds. The molecule has 1 N–H and O–H groups in total. The fourth-order valence-corrected chi connectivity index (χ4v) is 1.24. The Morgan fingerprint density at radius 1 is 1.50 bits per heavy atom. The van der Waals surface area contributed by atoms with E-state index in [9.17, 15) is 4.79 Å². The molecule has 0 saturated heterocycles. The third-order valence-electron chi connectivity index (χ3n) is 2.09. The smallest absolute Gasteiger partial charge is 0.224 e. The lowest BCUT2D eigenvalue weighted by molar-refractivity contribution is -0.120. The van der Waals surface area contributed by atoms with Gasteiger partial charge >= 0.3 is 0 Å². The summed E-state index contributed by atoms with van der Waals surface area (Å²) in [4.78, 5) is 11.4. The molecule has 1 heterocycles. The first kappa shape index (κ1) is 10.8. The van der Waals surface area contributed by atoms with Crippen molar-refractivity contribution in [2.45, 2.75) is 33.6 Å². The topological polar surface area (TPSA) is 55.1 Å². The molecule has 0 saturated carbocycles. The van der Waals surface area contributed by atoms with Crippen LogP contribution in [0.1, 0.15) is 30.4 Å². The van der Waals surface area contributed by atoms with Crippen LogP contribution in [0, 0.1) is 13.8 Å². The highest BCUT2D eigenvalue weighted by molar-refractivity contribution is 5.78. The van der Waals surface area contributed by atoms with E-state index in [-0.39, 0.29) is 5.91 Å². The molecule has 78 valence electrons. The Morgan fingerprint density at radius 3 is 2.71 bits per heavy atom. The molecule has 0 spiro atoms. The van der Waals surface area contributed by atoms with Crippen LogP contribution in [-0.4, -0.2) is 17.6 Å². The van der Waals surface area contributed by atoms with Crippen LogP contribution < -0.4 is 5.32 Å². The van der Waals surface area contributed by atoms with Gasteiger partial charge in [0, 0.05) is 12.1 Å². The van der Waals surface area contributed by atoms with Crippen LogP contribution in [0.3, 0.4) is 0 Å². The van der Waals surface area contributed by atoms with E-state index in [0.717, 1.165) is 30.0 Å². The normalized spacial score (nSPS) is 10.2. The second-order valence-electron chi connectivity index (χ2n) is 3.33. The summed E-state index contributed by atoms with van der Waals surface area (Å²) in [6.45, 7) is 6.42. The SMILES string of the molecule is CCCNC(=O)Cc1c(C)noc1C. The Labute approximate surface area is 83.7 Å². The molecule has 0 aliphatic rings. The quantitative estimate of drug-likeness (QED) is 0.791. The first-order chi connectivity index (χ1) is 6.65. The van der Waals surface area contributed by atoms with E-state index in [2.05, 4.69) is 10.5 Å². The summed E-state index contributed by atoms with van der Waals surface area (Å²) < 4.78 is 4.97. The maximum atomic E-state index is 11.4. The van der Waals surface area contributed by atoms with Crippen LogP contribution in [-0.2, 0) is 11.2 Å². The van der Waals surface area contributed by atoms with Gasteiger partial charge in [0.2, 0.25) is 5.91 Å². The Kier molecular flexibility index (Phi) is 3.68. The Morgan fingerprint density at radius 2 is 2.21 bits per heavy atom. The highest BCUT2D eigenvalue weighted by Gasteiger charge is 2.12. The Hall–Kier alpha value is -1.32. The highest BCUT2D eigenvalue weighted by Crippen LogP contribution is 2.12. The van der Waals surface area contributed by atoms with Crippen LogP contribution in [0.25, 0.3) is 0 Å². The van der Waals surface area contributed by atoms with Crippen LogP contribution in [0.4, 0.5) is 0 Å². The number of hydrogen-bond donors (Lipinski definition) is 1. The monoisotopic (exact) mass is 196 g/mol. The fourth-order valence-electron chi connectivity index (χ4n) is 1.24. The Balaban J connectivity index is 2.55. The molecule has 0 radical (unpaired) electrons. The van der Waals surface area contributed by atoms with Gasteiger partial charge in [-0.2, -0.15) is 0 Å². The average molecular weight is 196 g/mol. The van der Waals surface area contributed by atoms with E-state index in [1.54, 1.807) is 0 Å². The molecule has 0 aliphatic heterocycles. The maximum absolute atomic E-state index is 11.4. The summed E-state index contributed by atoms with van der Waals surface area (Å²) in [5.41, 5.74) is 1.70. The summed E-state index contributed by atoms with van der Waals surface area (Å²) in [5, 5.41) is 6.61. The van der Waals surface area contributed by atoms with Crippen molar-refractivity contribution < 1.29 is 9.32 Å². The minimum Gasteiger partial charge on any atom is -0.361 e. The van der Waals surface area contributed by atoms with Gasteiger partial charge in [-0.15, -0.1) is 0 Å². The second kappa shape index (κ2) is 4.79. The number of amides is 1. The molecule has 1 aromatic heterocycles. The van der Waals surface area contributed by atoms with Crippen molar-refractivity contribution in [2.75, 3.05) is 6.54 Å². The third-order valence-corrected chi connectivity index (χ3v) is 2.09. The highest BCUT2D eigenvalue weighted by atomic mass is 16.5. The molecular weight excluding hydrogens is 180 g/mol. The van der Waals surface area contributed by atoms with Gasteiger partial charge in [-0.25, -0.2) is 0 Å². The van der Waals surface area contributed by atoms with E-state index >= 15 is 0 Å². The van der Waals surface area contributed by atoms with Crippen molar-refractivity contribution in [2.24, 2.45) is 0 Å². The van der Waals surface area contributed by atoms with E-state index in [0.29, 0.717) is 6.42 Å². The minimum atomic E-state index is 0.0289. The summed E-state index contributed by atoms with van der Waals surface area (Å²) in [7, 11) is 0. The summed E-state index contributed by atoms with van der Waals surface area (Å²) in [6.07, 6.45) is 1.31. The molecule has 4 nitrogen and oxygen atoms in total. The molecule has 0 atom stereocenters. The molecule has 1 aromatic rings. The predicted molar refractivity (Wildman–Crippen MR) is 53.0 cm³/mol. The average Bonchev–Trinajstić information content (AvgIpc) is 2.46. The largest absolute Gasteiger partial charge is 0.361 e. The van der Waals surface area contributed by atoms with Gasteiger partial charge in [0.1, 0.15) is 5.76 Å². The zero-order valence-corrected chi connectivity index (χ0v) is 8.89. The molecular formula is C10H16N2O2. The minimum absolute atomic E-state index is 0.0289. The number of carbonyl (C=O) groups excluding carboxylic acids is 1. The molecule has 0 fully saturated rings. The van der Waals surface area contributed by atoms with E-state index in [4.69, 9.17) is 4.52 Å². The van der Waals surface area contributed by atoms with Crippen molar-refractivity contribution in [3.63, 3.8) is 0 Å². The van der Waals surface area contributed by atoms with Crippen molar-refractivity contribution in [3.8, 4) is 0 Å². The van der Waals surface area contributed by atoms with Gasteiger partial charge in [-0.1, -0.05) is 12.1 Å². The number of nitrogens with one attached hydrogen (secondary N) is 1. The molecule has 0 aliphatic carbocycles. The Bertz CT molecular complexity index is 298. The third kappa shape index (κ3) is 2.58. The number of nitrogens with zero attached hydrogens (tertiary/aromatic N) is 1. The van der Waals surface area contributed by atoms with E-state index in [1.165, 1.54) is 0 Å². The maximum Gasteiger partial charge on any atom is 0.224 e. The number of aryl methyl sites for hydroxylation is 2. The molecule has 0 aromatic carbocycles. The molecule has 4 heteroatoms. The van der Waals surface area contributed by atoms with Crippen LogP contribution in [0.2, 0.25) is 0 Å². The summed E-state index contributed by atoms with van der Waals surface area (Å²) >= 11 is 0. The zero-order chi connectivity index (χ0) is 10.6. The summed E-state index contributed by atoms with van der Waals surface area (Å²) in [6, 6.07) is 0. The van der Waals surface area contributed by atoms with Crippen molar-refractivity contribution in [1.29, 1.82) is 0 Å². The number of aromatic nitrogens is 1. The lowest BCUT2D eigenvalue weighted by atomic mass is 10.1. The molecule has 14 heavy (non-hydrogen) atoms. The standard InChI is InChI=1S/C10H16N2O2/c1-4-5-11-10(13)6-9-7(2)12-14-8(9)3/h4-6H2,1-3H3,(H,11,13). The van der Waals surface area contributed by atoms with Gasteiger partial charge in [0.05, 0.1) is 12.1 Å². The van der Waals surface area contributed by atoms with Gasteiger partial charge in [0.15, 0.2) is 0 Å². The number of hydrogen-bond acceptors (Lipinski definition) is 3. The second-order valence-corrected chi connectivity index (χ2v) is 3.33. The number of carbonyl (C=O) groups is 1. The summed E-state index contributed by atoms with van der Waals surface area (Å²) in [5.74, 6) is 0.760. The van der Waals surface area contributed by atoms with E-state index in [1.807, 2.05) is 20.8 Å². The zero-order valence-electron chi connectivity index (χ0n) is 8.89. The molecule has 0 bridgehead atoms. The lowest BCUT2D eigenvalue weighted by Gasteiger charge is -2.02. The van der Waals surface area contributed by atoms with Crippen LogP contribution >= 0.6 is 0 Å². The van der Waals surface area contributed by atoms with Crippen LogP contribution in [0.15, 0.2) is 4.52 Å². The van der Waals surface area contributed by atoms with Gasteiger partial charge < -0.3 is 9.84 Å². The first-order valence-electron chi connectivity index (χ1n) is 4.83. The fraction of sp³-hybridized carbons (Fsp3) is 0.600. The van der Waals surface area contributed by atoms with Crippen molar-refractivity contribution in [3.05, 3.63) is 17.0 Å². The number of rotatable bonds is 4. The van der Waals surface area contributed by atoms with Gasteiger partial charge in [-0.05, 0) is 20.3 Å². The van der Waals surface area contributed by atoms with Crippen LogP contribution in [0.5, 0.6) is 0 Å². The predicted octanol–water partition coefficient (Wildman–Crippen LogP) is 1.36. The van der Waals surface area contributed by atoms with Crippen molar-refractivity contribution in [1.82, 2.24) is 10.5 Å². The first-order valence-corrected chi connectivity index (χ1v) is 4.83. The van der Waals surface area contributed by atoms with Gasteiger partial charge in [0.25, 0.3) is 0 Å². The van der Waals surface area contributed by atoms with E-state index < -0.39 is 0 Å². The van der Waals surface area contributed by atoms with Crippen molar-refractivity contribution >= 4 is 5.91 Å². The molecule has 0 unspecified atom stereocenters. The van der Waals surface area contributed by atoms with Gasteiger partial charge in [-0.3, -0.25) is 4.79 Å². The molecule has 1 rings (SSSR count).